The molecule has 2 unspecified atom stereocenters. The van der Waals surface area contributed by atoms with E-state index in [1.165, 1.54) is 6.33 Å². The van der Waals surface area contributed by atoms with E-state index >= 15 is 0 Å². The summed E-state index contributed by atoms with van der Waals surface area (Å²) < 4.78 is 4.87. The average molecular weight is 408 g/mol. The van der Waals surface area contributed by atoms with Gasteiger partial charge in [-0.15, -0.1) is 5.10 Å². The zero-order valence-corrected chi connectivity index (χ0v) is 16.6. The van der Waals surface area contributed by atoms with E-state index in [1.807, 2.05) is 54.6 Å². The molecule has 0 saturated heterocycles. The van der Waals surface area contributed by atoms with Crippen molar-refractivity contribution in [1.82, 2.24) is 20.5 Å². The summed E-state index contributed by atoms with van der Waals surface area (Å²) in [6, 6.07) is 17.4. The Morgan fingerprint density at radius 2 is 1.80 bits per heavy atom. The molecule has 2 aromatic carbocycles. The largest absolute Gasteiger partial charge is 0.464 e. The van der Waals surface area contributed by atoms with Gasteiger partial charge in [-0.1, -0.05) is 54.6 Å². The molecule has 2 atom stereocenters. The van der Waals surface area contributed by atoms with Crippen LogP contribution in [-0.2, 0) is 16.0 Å². The third-order valence-electron chi connectivity index (χ3n) is 4.56. The number of amides is 1. The van der Waals surface area contributed by atoms with Gasteiger partial charge in [0.2, 0.25) is 5.82 Å². The number of H-pyrrole nitrogens is 1. The molecule has 0 bridgehead atoms. The van der Waals surface area contributed by atoms with Crippen LogP contribution < -0.4 is 5.32 Å². The second kappa shape index (κ2) is 10.3. The van der Waals surface area contributed by atoms with E-state index in [-0.39, 0.29) is 18.9 Å². The molecule has 0 saturated carbocycles. The first-order valence-corrected chi connectivity index (χ1v) is 9.72. The van der Waals surface area contributed by atoms with Crippen LogP contribution in [0.1, 0.15) is 29.5 Å². The van der Waals surface area contributed by atoms with Gasteiger partial charge in [0.15, 0.2) is 6.10 Å². The molecule has 30 heavy (non-hydrogen) atoms. The minimum absolute atomic E-state index is 0.00921. The van der Waals surface area contributed by atoms with E-state index in [0.717, 1.165) is 16.7 Å². The Morgan fingerprint density at radius 1 is 1.10 bits per heavy atom. The number of aliphatic hydroxyl groups excluding tert-OH is 1. The van der Waals surface area contributed by atoms with E-state index in [1.54, 1.807) is 6.92 Å². The number of nitrogens with zero attached hydrogens (tertiary/aromatic N) is 2. The summed E-state index contributed by atoms with van der Waals surface area (Å²) in [6.07, 6.45) is 0.391. The number of hydrogen-bond donors (Lipinski definition) is 3. The highest BCUT2D eigenvalue weighted by atomic mass is 16.5. The van der Waals surface area contributed by atoms with Crippen LogP contribution in [0.4, 0.5) is 0 Å². The minimum atomic E-state index is -1.34. The van der Waals surface area contributed by atoms with Gasteiger partial charge in [0.05, 0.1) is 6.61 Å². The number of aliphatic hydroxyl groups is 1. The van der Waals surface area contributed by atoms with Gasteiger partial charge in [-0.3, -0.25) is 9.89 Å². The number of rotatable bonds is 9. The topological polar surface area (TPSA) is 117 Å². The minimum Gasteiger partial charge on any atom is -0.464 e. The monoisotopic (exact) mass is 408 g/mol. The summed E-state index contributed by atoms with van der Waals surface area (Å²) in [6.45, 7) is 1.84. The van der Waals surface area contributed by atoms with E-state index < -0.39 is 24.0 Å². The van der Waals surface area contributed by atoms with Crippen LogP contribution in [-0.4, -0.2) is 50.9 Å². The van der Waals surface area contributed by atoms with Crippen molar-refractivity contribution >= 4 is 11.9 Å². The highest BCUT2D eigenvalue weighted by molar-refractivity contribution is 5.90. The number of ether oxygens (including phenoxy) is 1. The summed E-state index contributed by atoms with van der Waals surface area (Å²) in [5.74, 6) is -1.21. The molecule has 0 spiro atoms. The Morgan fingerprint density at radius 3 is 2.43 bits per heavy atom. The smallest absolute Gasteiger partial charge is 0.335 e. The normalized spacial score (nSPS) is 12.7. The number of nitrogens with one attached hydrogen (secondary N) is 2. The van der Waals surface area contributed by atoms with Crippen molar-refractivity contribution < 1.29 is 19.4 Å². The second-order valence-electron chi connectivity index (χ2n) is 6.76. The second-order valence-corrected chi connectivity index (χ2v) is 6.76. The summed E-state index contributed by atoms with van der Waals surface area (Å²) in [7, 11) is 0. The molecule has 156 valence electrons. The zero-order valence-electron chi connectivity index (χ0n) is 16.6. The van der Waals surface area contributed by atoms with Crippen molar-refractivity contribution in [2.24, 2.45) is 0 Å². The average Bonchev–Trinajstić information content (AvgIpc) is 3.30. The van der Waals surface area contributed by atoms with Gasteiger partial charge < -0.3 is 15.2 Å². The summed E-state index contributed by atoms with van der Waals surface area (Å²) in [4.78, 5) is 28.0. The fourth-order valence-corrected chi connectivity index (χ4v) is 3.11. The van der Waals surface area contributed by atoms with Crippen LogP contribution in [0.25, 0.3) is 11.1 Å². The zero-order chi connectivity index (χ0) is 21.3. The standard InChI is InChI=1S/C22H24N4O4/c1-2-30-22(29)19(27)13-18(25-21(28)20-23-14-24-26-20)12-15-8-10-17(11-9-15)16-6-4-3-5-7-16/h3-11,14,18-19,27H,2,12-13H2,1H3,(H,25,28)(H,23,24,26). The molecule has 3 N–H and O–H groups in total. The van der Waals surface area contributed by atoms with Gasteiger partial charge in [-0.25, -0.2) is 9.78 Å². The van der Waals surface area contributed by atoms with Crippen LogP contribution in [0, 0.1) is 0 Å². The summed E-state index contributed by atoms with van der Waals surface area (Å²) in [5.41, 5.74) is 3.13. The lowest BCUT2D eigenvalue weighted by atomic mass is 9.98. The number of aromatic nitrogens is 3. The van der Waals surface area contributed by atoms with Crippen molar-refractivity contribution in [2.75, 3.05) is 6.61 Å². The summed E-state index contributed by atoms with van der Waals surface area (Å²) >= 11 is 0. The van der Waals surface area contributed by atoms with Crippen molar-refractivity contribution in [2.45, 2.75) is 31.9 Å². The molecule has 0 aliphatic rings. The van der Waals surface area contributed by atoms with Gasteiger partial charge in [-0.05, 0) is 30.0 Å². The lowest BCUT2D eigenvalue weighted by Crippen LogP contribution is -2.41. The molecule has 1 aromatic heterocycles. The molecule has 3 aromatic rings. The number of hydrogen-bond acceptors (Lipinski definition) is 6. The SMILES string of the molecule is CCOC(=O)C(O)CC(Cc1ccc(-c2ccccc2)cc1)NC(=O)c1nc[nH]n1. The first-order chi connectivity index (χ1) is 14.6. The number of carbonyl (C=O) groups excluding carboxylic acids is 2. The van der Waals surface area contributed by atoms with Crippen LogP contribution in [0.5, 0.6) is 0 Å². The highest BCUT2D eigenvalue weighted by Crippen LogP contribution is 2.20. The molecular weight excluding hydrogens is 384 g/mol. The predicted molar refractivity (Wildman–Crippen MR) is 110 cm³/mol. The van der Waals surface area contributed by atoms with E-state index in [0.29, 0.717) is 6.42 Å². The molecule has 1 amide bonds. The maximum atomic E-state index is 12.4. The molecule has 0 fully saturated rings. The van der Waals surface area contributed by atoms with Crippen molar-refractivity contribution in [3.05, 3.63) is 72.3 Å². The Bertz CT molecular complexity index is 943. The maximum absolute atomic E-state index is 12.4. The third kappa shape index (κ3) is 5.74. The first-order valence-electron chi connectivity index (χ1n) is 9.72. The Hall–Kier alpha value is -3.52. The van der Waals surface area contributed by atoms with E-state index in [9.17, 15) is 14.7 Å². The lowest BCUT2D eigenvalue weighted by molar-refractivity contribution is -0.153. The number of benzene rings is 2. The molecule has 1 heterocycles. The molecule has 3 rings (SSSR count). The fraction of sp³-hybridized carbons (Fsp3) is 0.273. The molecule has 8 nitrogen and oxygen atoms in total. The van der Waals surface area contributed by atoms with Crippen molar-refractivity contribution in [3.8, 4) is 11.1 Å². The van der Waals surface area contributed by atoms with E-state index in [2.05, 4.69) is 20.5 Å². The van der Waals surface area contributed by atoms with Crippen molar-refractivity contribution in [3.63, 3.8) is 0 Å². The van der Waals surface area contributed by atoms with Crippen LogP contribution in [0.3, 0.4) is 0 Å². The van der Waals surface area contributed by atoms with Gasteiger partial charge in [-0.2, -0.15) is 0 Å². The van der Waals surface area contributed by atoms with Crippen LogP contribution in [0.2, 0.25) is 0 Å². The number of esters is 1. The van der Waals surface area contributed by atoms with Gasteiger partial charge in [0, 0.05) is 12.5 Å². The van der Waals surface area contributed by atoms with E-state index in [4.69, 9.17) is 4.74 Å². The van der Waals surface area contributed by atoms with Gasteiger partial charge >= 0.3 is 5.97 Å². The lowest BCUT2D eigenvalue weighted by Gasteiger charge is -2.21. The van der Waals surface area contributed by atoms with Crippen LogP contribution >= 0.6 is 0 Å². The predicted octanol–water partition coefficient (Wildman–Crippen LogP) is 2.13. The highest BCUT2D eigenvalue weighted by Gasteiger charge is 2.24. The molecule has 8 heteroatoms. The Balaban J connectivity index is 1.72. The summed E-state index contributed by atoms with van der Waals surface area (Å²) in [5, 5.41) is 19.2. The molecule has 0 aliphatic carbocycles. The van der Waals surface area contributed by atoms with Crippen LogP contribution in [0.15, 0.2) is 60.9 Å². The maximum Gasteiger partial charge on any atom is 0.335 e. The van der Waals surface area contributed by atoms with Gasteiger partial charge in [0.1, 0.15) is 6.33 Å². The fourth-order valence-electron chi connectivity index (χ4n) is 3.11. The number of carbonyl (C=O) groups is 2. The molecule has 0 radical (unpaired) electrons. The molecular formula is C22H24N4O4. The Kier molecular flexibility index (Phi) is 7.29. The van der Waals surface area contributed by atoms with Crippen molar-refractivity contribution in [1.29, 1.82) is 0 Å². The number of aromatic amines is 1. The first kappa shape index (κ1) is 21.2. The quantitative estimate of drug-likeness (QED) is 0.467. The Labute approximate surface area is 174 Å². The van der Waals surface area contributed by atoms with Gasteiger partial charge in [0.25, 0.3) is 5.91 Å². The molecule has 0 aliphatic heterocycles. The third-order valence-corrected chi connectivity index (χ3v) is 4.56.